The maximum atomic E-state index is 12.1. The molecule has 1 aliphatic heterocycles. The third-order valence-electron chi connectivity index (χ3n) is 4.18. The quantitative estimate of drug-likeness (QED) is 0.173. The first-order chi connectivity index (χ1) is 13.5. The van der Waals surface area contributed by atoms with Crippen molar-refractivity contribution < 1.29 is 14.1 Å². The lowest BCUT2D eigenvalue weighted by molar-refractivity contribution is -0.128. The standard InChI is InChI=1S/C17H21N7O3S/c18-14-13(15(19)27-16(20)17(25)23-10-5-6-21-7-10)24-12(8-22-14)9-1-3-11(28-26)4-2-9/h1-4,8,10,16,19,21,26H,5-7,20H2,(H2,18,22)(H,23,25). The summed E-state index contributed by atoms with van der Waals surface area (Å²) < 4.78 is 14.3. The predicted octanol–water partition coefficient (Wildman–Crippen LogP) is 0.396. The van der Waals surface area contributed by atoms with Crippen LogP contribution in [0.15, 0.2) is 35.4 Å². The Bertz CT molecular complexity index is 856. The van der Waals surface area contributed by atoms with Gasteiger partial charge in [-0.25, -0.2) is 9.97 Å². The van der Waals surface area contributed by atoms with Gasteiger partial charge in [0.15, 0.2) is 11.5 Å². The van der Waals surface area contributed by atoms with Gasteiger partial charge in [-0.05, 0) is 25.1 Å². The Morgan fingerprint density at radius 1 is 1.43 bits per heavy atom. The van der Waals surface area contributed by atoms with Gasteiger partial charge in [-0.15, -0.1) is 0 Å². The summed E-state index contributed by atoms with van der Waals surface area (Å²) in [6, 6.07) is 6.93. The Balaban J connectivity index is 1.70. The number of hydrogen-bond acceptors (Lipinski definition) is 10. The van der Waals surface area contributed by atoms with Crippen molar-refractivity contribution in [1.82, 2.24) is 20.6 Å². The average Bonchev–Trinajstić information content (AvgIpc) is 3.21. The van der Waals surface area contributed by atoms with Crippen LogP contribution in [0.2, 0.25) is 0 Å². The van der Waals surface area contributed by atoms with Gasteiger partial charge in [-0.2, -0.15) is 0 Å². The van der Waals surface area contributed by atoms with E-state index in [9.17, 15) is 4.79 Å². The third kappa shape index (κ3) is 4.75. The van der Waals surface area contributed by atoms with Gasteiger partial charge in [-0.3, -0.25) is 15.9 Å². The molecule has 0 saturated carbocycles. The number of rotatable bonds is 6. The van der Waals surface area contributed by atoms with Gasteiger partial charge < -0.3 is 25.7 Å². The highest BCUT2D eigenvalue weighted by Gasteiger charge is 2.24. The minimum Gasteiger partial charge on any atom is -0.448 e. The van der Waals surface area contributed by atoms with Crippen LogP contribution in [0.1, 0.15) is 12.1 Å². The largest absolute Gasteiger partial charge is 0.448 e. The van der Waals surface area contributed by atoms with E-state index in [4.69, 9.17) is 26.2 Å². The van der Waals surface area contributed by atoms with E-state index >= 15 is 0 Å². The smallest absolute Gasteiger partial charge is 0.276 e. The summed E-state index contributed by atoms with van der Waals surface area (Å²) in [4.78, 5) is 21.2. The molecule has 1 saturated heterocycles. The number of nitrogens with one attached hydrogen (secondary N) is 3. The van der Waals surface area contributed by atoms with Crippen LogP contribution in [0, 0.1) is 5.41 Å². The molecule has 0 bridgehead atoms. The number of hydrogen-bond donors (Lipinski definition) is 6. The second-order valence-electron chi connectivity index (χ2n) is 6.17. The van der Waals surface area contributed by atoms with Gasteiger partial charge in [0, 0.05) is 35.1 Å². The molecule has 8 N–H and O–H groups in total. The van der Waals surface area contributed by atoms with E-state index in [-0.39, 0.29) is 17.6 Å². The number of amides is 1. The first kappa shape index (κ1) is 20.0. The van der Waals surface area contributed by atoms with Crippen molar-refractivity contribution in [2.75, 3.05) is 18.8 Å². The number of nitrogen functional groups attached to an aromatic ring is 1. The zero-order chi connectivity index (χ0) is 20.1. The molecular weight excluding hydrogens is 382 g/mol. The highest BCUT2D eigenvalue weighted by atomic mass is 32.2. The van der Waals surface area contributed by atoms with Crippen LogP contribution in [0.4, 0.5) is 5.82 Å². The maximum Gasteiger partial charge on any atom is 0.276 e. The van der Waals surface area contributed by atoms with Crippen molar-refractivity contribution in [2.45, 2.75) is 23.6 Å². The van der Waals surface area contributed by atoms with Crippen molar-refractivity contribution >= 4 is 29.7 Å². The molecule has 1 amide bonds. The van der Waals surface area contributed by atoms with E-state index in [2.05, 4.69) is 20.6 Å². The van der Waals surface area contributed by atoms with Crippen LogP contribution in [0.25, 0.3) is 11.3 Å². The predicted molar refractivity (Wildman–Crippen MR) is 106 cm³/mol. The number of benzene rings is 1. The van der Waals surface area contributed by atoms with Crippen LogP contribution in [-0.2, 0) is 9.53 Å². The molecule has 1 aromatic heterocycles. The molecule has 0 radical (unpaired) electrons. The molecule has 10 nitrogen and oxygen atoms in total. The zero-order valence-corrected chi connectivity index (χ0v) is 15.7. The van der Waals surface area contributed by atoms with Crippen molar-refractivity contribution in [3.8, 4) is 11.3 Å². The summed E-state index contributed by atoms with van der Waals surface area (Å²) in [7, 11) is 0. The molecule has 3 rings (SSSR count). The molecule has 2 heterocycles. The second kappa shape index (κ2) is 8.97. The highest BCUT2D eigenvalue weighted by Crippen LogP contribution is 2.22. The van der Waals surface area contributed by atoms with Crippen LogP contribution in [-0.4, -0.2) is 51.7 Å². The maximum absolute atomic E-state index is 12.1. The lowest BCUT2D eigenvalue weighted by atomic mass is 10.1. The fourth-order valence-corrected chi connectivity index (χ4v) is 2.95. The Morgan fingerprint density at radius 3 is 2.82 bits per heavy atom. The average molecular weight is 403 g/mol. The van der Waals surface area contributed by atoms with E-state index < -0.39 is 18.0 Å². The number of aromatic nitrogens is 2. The summed E-state index contributed by atoms with van der Waals surface area (Å²) in [6.07, 6.45) is 0.912. The molecule has 0 aliphatic carbocycles. The number of carbonyl (C=O) groups excluding carboxylic acids is 1. The topological polar surface area (TPSA) is 172 Å². The number of ether oxygens (including phenoxy) is 1. The van der Waals surface area contributed by atoms with Crippen LogP contribution < -0.4 is 22.1 Å². The van der Waals surface area contributed by atoms with Gasteiger partial charge in [0.25, 0.3) is 5.91 Å². The van der Waals surface area contributed by atoms with Crippen LogP contribution >= 0.6 is 12.0 Å². The van der Waals surface area contributed by atoms with E-state index in [1.807, 2.05) is 0 Å². The summed E-state index contributed by atoms with van der Waals surface area (Å²) in [5, 5.41) is 14.0. The molecule has 1 fully saturated rings. The normalized spacial score (nSPS) is 17.1. The lowest BCUT2D eigenvalue weighted by Crippen LogP contribution is -2.48. The number of nitrogens with zero attached hydrogens (tertiary/aromatic N) is 2. The third-order valence-corrected chi connectivity index (χ3v) is 4.66. The van der Waals surface area contributed by atoms with E-state index in [1.165, 1.54) is 6.20 Å². The fraction of sp³-hybridized carbons (Fsp3) is 0.294. The minimum absolute atomic E-state index is 0.00965. The van der Waals surface area contributed by atoms with E-state index in [0.717, 1.165) is 18.5 Å². The van der Waals surface area contributed by atoms with E-state index in [0.29, 0.717) is 29.2 Å². The first-order valence-electron chi connectivity index (χ1n) is 8.54. The first-order valence-corrected chi connectivity index (χ1v) is 9.32. The van der Waals surface area contributed by atoms with E-state index in [1.54, 1.807) is 24.3 Å². The Hall–Kier alpha value is -2.73. The molecule has 148 valence electrons. The summed E-state index contributed by atoms with van der Waals surface area (Å²) in [5.41, 5.74) is 12.7. The van der Waals surface area contributed by atoms with Crippen molar-refractivity contribution in [1.29, 1.82) is 5.41 Å². The van der Waals surface area contributed by atoms with Crippen molar-refractivity contribution in [2.24, 2.45) is 5.73 Å². The van der Waals surface area contributed by atoms with Crippen LogP contribution in [0.3, 0.4) is 0 Å². The molecule has 1 aromatic carbocycles. The second-order valence-corrected chi connectivity index (χ2v) is 6.82. The van der Waals surface area contributed by atoms with Gasteiger partial charge >= 0.3 is 0 Å². The monoisotopic (exact) mass is 403 g/mol. The zero-order valence-electron chi connectivity index (χ0n) is 14.9. The van der Waals surface area contributed by atoms with Gasteiger partial charge in [-0.1, -0.05) is 12.1 Å². The Morgan fingerprint density at radius 2 is 2.18 bits per heavy atom. The molecule has 2 aromatic rings. The molecule has 0 spiro atoms. The molecule has 2 atom stereocenters. The summed E-state index contributed by atoms with van der Waals surface area (Å²) in [6.45, 7) is 1.50. The summed E-state index contributed by atoms with van der Waals surface area (Å²) >= 11 is 0.638. The number of carbonyl (C=O) groups is 1. The molecule has 11 heteroatoms. The van der Waals surface area contributed by atoms with Crippen LogP contribution in [0.5, 0.6) is 0 Å². The van der Waals surface area contributed by atoms with Gasteiger partial charge in [0.05, 0.1) is 11.9 Å². The number of nitrogens with two attached hydrogens (primary N) is 2. The number of anilines is 1. The SMILES string of the molecule is N=C(OC(N)C(=O)NC1CCNC1)c1nc(-c2ccc(SO)cc2)cnc1N. The fourth-order valence-electron chi connectivity index (χ4n) is 2.69. The van der Waals surface area contributed by atoms with Crippen molar-refractivity contribution in [3.05, 3.63) is 36.2 Å². The molecular formula is C17H21N7O3S. The summed E-state index contributed by atoms with van der Waals surface area (Å²) in [5.74, 6) is -0.969. The van der Waals surface area contributed by atoms with Gasteiger partial charge in [0.2, 0.25) is 12.1 Å². The van der Waals surface area contributed by atoms with Gasteiger partial charge in [0.1, 0.15) is 0 Å². The molecule has 28 heavy (non-hydrogen) atoms. The Kier molecular flexibility index (Phi) is 6.41. The van der Waals surface area contributed by atoms with Crippen molar-refractivity contribution in [3.63, 3.8) is 0 Å². The molecule has 1 aliphatic rings. The highest BCUT2D eigenvalue weighted by molar-refractivity contribution is 7.93. The minimum atomic E-state index is -1.36. The lowest BCUT2D eigenvalue weighted by Gasteiger charge is -2.18. The Labute approximate surface area is 165 Å². The molecule has 2 unspecified atom stereocenters.